The van der Waals surface area contributed by atoms with E-state index in [0.717, 1.165) is 6.42 Å². The van der Waals surface area contributed by atoms with Crippen molar-refractivity contribution in [1.29, 1.82) is 0 Å². The molecule has 0 unspecified atom stereocenters. The Kier molecular flexibility index (Phi) is 6.30. The summed E-state index contributed by atoms with van der Waals surface area (Å²) in [5.74, 6) is -1.38. The molecule has 1 rings (SSSR count). The van der Waals surface area contributed by atoms with Gasteiger partial charge in [0.25, 0.3) is 0 Å². The Morgan fingerprint density at radius 1 is 1.30 bits per heavy atom. The van der Waals surface area contributed by atoms with Gasteiger partial charge in [-0.15, -0.1) is 0 Å². The van der Waals surface area contributed by atoms with Crippen molar-refractivity contribution in [3.63, 3.8) is 0 Å². The first kappa shape index (κ1) is 17.3. The monoisotopic (exact) mass is 294 g/mol. The Morgan fingerprint density at radius 2 is 1.95 bits per heavy atom. The first-order valence-electron chi connectivity index (χ1n) is 7.37. The highest BCUT2D eigenvalue weighted by molar-refractivity contribution is 5.81. The summed E-state index contributed by atoms with van der Waals surface area (Å²) in [5, 5.41) is 5.87. The summed E-state index contributed by atoms with van der Waals surface area (Å²) in [7, 11) is 0. The normalized spacial score (nSPS) is 26.9. The van der Waals surface area contributed by atoms with Crippen molar-refractivity contribution < 1.29 is 18.0 Å². The highest BCUT2D eigenvalue weighted by atomic mass is 19.4. The van der Waals surface area contributed by atoms with Crippen LogP contribution in [-0.4, -0.2) is 30.2 Å². The van der Waals surface area contributed by atoms with Gasteiger partial charge < -0.3 is 10.6 Å². The fourth-order valence-corrected chi connectivity index (χ4v) is 2.54. The summed E-state index contributed by atoms with van der Waals surface area (Å²) >= 11 is 0. The SMILES string of the molecule is CC[C@H](C)NC(=O)[C@H](C)N[C@H]1CCC[C@@H](C(F)(F)F)C1. The largest absolute Gasteiger partial charge is 0.391 e. The number of carbonyl (C=O) groups excluding carboxylic acids is 1. The molecular formula is C14H25F3N2O. The first-order chi connectivity index (χ1) is 9.24. The minimum Gasteiger partial charge on any atom is -0.352 e. The Bertz CT molecular complexity index is 320. The molecule has 0 aromatic heterocycles. The van der Waals surface area contributed by atoms with E-state index in [0.29, 0.717) is 12.8 Å². The third-order valence-electron chi connectivity index (χ3n) is 4.02. The van der Waals surface area contributed by atoms with Gasteiger partial charge in [0, 0.05) is 12.1 Å². The van der Waals surface area contributed by atoms with Crippen LogP contribution in [0.1, 0.15) is 52.9 Å². The van der Waals surface area contributed by atoms with Crippen LogP contribution < -0.4 is 10.6 Å². The van der Waals surface area contributed by atoms with Crippen LogP contribution in [0.15, 0.2) is 0 Å². The molecule has 1 saturated carbocycles. The average molecular weight is 294 g/mol. The molecule has 0 aromatic carbocycles. The molecule has 0 aromatic rings. The van der Waals surface area contributed by atoms with E-state index >= 15 is 0 Å². The standard InChI is InChI=1S/C14H25F3N2O/c1-4-9(2)18-13(20)10(3)19-12-7-5-6-11(8-12)14(15,16)17/h9-12,19H,4-8H2,1-3H3,(H,18,20)/t9-,10-,11+,12-/m0/s1. The van der Waals surface area contributed by atoms with Gasteiger partial charge in [-0.05, 0) is 39.5 Å². The summed E-state index contributed by atoms with van der Waals surface area (Å²) in [5.41, 5.74) is 0. The predicted molar refractivity (Wildman–Crippen MR) is 72.3 cm³/mol. The van der Waals surface area contributed by atoms with Gasteiger partial charge >= 0.3 is 6.18 Å². The maximum atomic E-state index is 12.7. The molecule has 6 heteroatoms. The lowest BCUT2D eigenvalue weighted by atomic mass is 9.85. The van der Waals surface area contributed by atoms with Gasteiger partial charge in [0.15, 0.2) is 0 Å². The molecule has 0 saturated heterocycles. The Balaban J connectivity index is 2.45. The van der Waals surface area contributed by atoms with Gasteiger partial charge in [-0.3, -0.25) is 4.79 Å². The number of carbonyl (C=O) groups is 1. The number of hydrogen-bond acceptors (Lipinski definition) is 2. The van der Waals surface area contributed by atoms with Gasteiger partial charge in [0.1, 0.15) is 0 Å². The minimum atomic E-state index is -4.12. The second-order valence-electron chi connectivity index (χ2n) is 5.81. The lowest BCUT2D eigenvalue weighted by Gasteiger charge is -2.32. The fraction of sp³-hybridized carbons (Fsp3) is 0.929. The van der Waals surface area contributed by atoms with E-state index < -0.39 is 18.1 Å². The number of halogens is 3. The number of alkyl halides is 3. The molecule has 0 spiro atoms. The number of rotatable bonds is 5. The van der Waals surface area contributed by atoms with E-state index in [1.54, 1.807) is 6.92 Å². The van der Waals surface area contributed by atoms with Crippen LogP contribution in [-0.2, 0) is 4.79 Å². The fourth-order valence-electron chi connectivity index (χ4n) is 2.54. The van der Waals surface area contributed by atoms with Gasteiger partial charge in [-0.25, -0.2) is 0 Å². The van der Waals surface area contributed by atoms with E-state index in [-0.39, 0.29) is 30.8 Å². The van der Waals surface area contributed by atoms with Gasteiger partial charge in [-0.1, -0.05) is 13.3 Å². The van der Waals surface area contributed by atoms with E-state index in [1.165, 1.54) is 0 Å². The van der Waals surface area contributed by atoms with Crippen molar-refractivity contribution >= 4 is 5.91 Å². The molecule has 3 nitrogen and oxygen atoms in total. The van der Waals surface area contributed by atoms with Crippen LogP contribution in [0.4, 0.5) is 13.2 Å². The van der Waals surface area contributed by atoms with Gasteiger partial charge in [-0.2, -0.15) is 13.2 Å². The topological polar surface area (TPSA) is 41.1 Å². The third-order valence-corrected chi connectivity index (χ3v) is 4.02. The lowest BCUT2D eigenvalue weighted by Crippen LogP contribution is -2.50. The van der Waals surface area contributed by atoms with E-state index in [9.17, 15) is 18.0 Å². The molecule has 20 heavy (non-hydrogen) atoms. The highest BCUT2D eigenvalue weighted by Crippen LogP contribution is 2.37. The Morgan fingerprint density at radius 3 is 2.50 bits per heavy atom. The van der Waals surface area contributed by atoms with Crippen LogP contribution in [0.25, 0.3) is 0 Å². The number of hydrogen-bond donors (Lipinski definition) is 2. The van der Waals surface area contributed by atoms with Crippen molar-refractivity contribution in [1.82, 2.24) is 10.6 Å². The zero-order chi connectivity index (χ0) is 15.3. The lowest BCUT2D eigenvalue weighted by molar-refractivity contribution is -0.183. The predicted octanol–water partition coefficient (Wildman–Crippen LogP) is 3.00. The molecule has 0 heterocycles. The van der Waals surface area contributed by atoms with Crippen molar-refractivity contribution in [2.24, 2.45) is 5.92 Å². The Labute approximate surface area is 118 Å². The molecule has 1 aliphatic carbocycles. The quantitative estimate of drug-likeness (QED) is 0.818. The van der Waals surface area contributed by atoms with E-state index in [4.69, 9.17) is 0 Å². The molecule has 118 valence electrons. The van der Waals surface area contributed by atoms with Crippen LogP contribution in [0.3, 0.4) is 0 Å². The molecule has 0 radical (unpaired) electrons. The van der Waals surface area contributed by atoms with Crippen molar-refractivity contribution in [2.75, 3.05) is 0 Å². The summed E-state index contributed by atoms with van der Waals surface area (Å²) in [6.45, 7) is 5.58. The van der Waals surface area contributed by atoms with Gasteiger partial charge in [0.2, 0.25) is 5.91 Å². The second-order valence-corrected chi connectivity index (χ2v) is 5.81. The summed E-state index contributed by atoms with van der Waals surface area (Å²) in [6.07, 6.45) is -1.75. The van der Waals surface area contributed by atoms with E-state index in [2.05, 4.69) is 10.6 Å². The van der Waals surface area contributed by atoms with Crippen molar-refractivity contribution in [3.05, 3.63) is 0 Å². The maximum Gasteiger partial charge on any atom is 0.391 e. The average Bonchev–Trinajstić information content (AvgIpc) is 2.37. The van der Waals surface area contributed by atoms with E-state index in [1.807, 2.05) is 13.8 Å². The number of amides is 1. The molecule has 1 amide bonds. The van der Waals surface area contributed by atoms with Crippen molar-refractivity contribution in [2.45, 2.75) is 77.2 Å². The van der Waals surface area contributed by atoms with Crippen LogP contribution in [0, 0.1) is 5.92 Å². The molecule has 1 aliphatic rings. The summed E-state index contributed by atoms with van der Waals surface area (Å²) < 4.78 is 38.2. The van der Waals surface area contributed by atoms with Crippen LogP contribution in [0.2, 0.25) is 0 Å². The minimum absolute atomic E-state index is 0.0739. The molecule has 2 N–H and O–H groups in total. The third kappa shape index (κ3) is 5.31. The summed E-state index contributed by atoms with van der Waals surface area (Å²) in [6, 6.07) is -0.602. The second kappa shape index (κ2) is 7.29. The highest BCUT2D eigenvalue weighted by Gasteiger charge is 2.42. The molecule has 1 fully saturated rings. The number of nitrogens with one attached hydrogen (secondary N) is 2. The zero-order valence-corrected chi connectivity index (χ0v) is 12.4. The Hall–Kier alpha value is -0.780. The zero-order valence-electron chi connectivity index (χ0n) is 12.4. The van der Waals surface area contributed by atoms with Gasteiger partial charge in [0.05, 0.1) is 12.0 Å². The molecule has 0 aliphatic heterocycles. The van der Waals surface area contributed by atoms with Crippen LogP contribution >= 0.6 is 0 Å². The smallest absolute Gasteiger partial charge is 0.352 e. The summed E-state index contributed by atoms with van der Waals surface area (Å²) in [4.78, 5) is 11.9. The molecule has 0 bridgehead atoms. The van der Waals surface area contributed by atoms with Crippen molar-refractivity contribution in [3.8, 4) is 0 Å². The molecular weight excluding hydrogens is 269 g/mol. The first-order valence-corrected chi connectivity index (χ1v) is 7.37. The van der Waals surface area contributed by atoms with Crippen LogP contribution in [0.5, 0.6) is 0 Å². The maximum absolute atomic E-state index is 12.7. The molecule has 4 atom stereocenters.